The molecule has 3 rings (SSSR count). The summed E-state index contributed by atoms with van der Waals surface area (Å²) >= 11 is 1.02. The maximum absolute atomic E-state index is 12.0. The van der Waals surface area contributed by atoms with Gasteiger partial charge in [-0.1, -0.05) is 12.1 Å². The molecule has 0 aromatic heterocycles. The minimum Gasteiger partial charge on any atom is -0.372 e. The van der Waals surface area contributed by atoms with Gasteiger partial charge in [0, 0.05) is 25.3 Å². The second-order valence-electron chi connectivity index (χ2n) is 5.21. The van der Waals surface area contributed by atoms with E-state index in [0.717, 1.165) is 30.4 Å². The van der Waals surface area contributed by atoms with Crippen LogP contribution in [0.2, 0.25) is 0 Å². The van der Waals surface area contributed by atoms with E-state index in [4.69, 9.17) is 0 Å². The van der Waals surface area contributed by atoms with E-state index < -0.39 is 0 Å². The highest BCUT2D eigenvalue weighted by Crippen LogP contribution is 2.32. The number of hydrogen-bond donors (Lipinski definition) is 0. The Labute approximate surface area is 128 Å². The van der Waals surface area contributed by atoms with Crippen LogP contribution >= 0.6 is 11.8 Å². The molecule has 1 aromatic carbocycles. The lowest BCUT2D eigenvalue weighted by Crippen LogP contribution is -2.27. The smallest absolute Gasteiger partial charge is 0.293 e. The van der Waals surface area contributed by atoms with Crippen LogP contribution in [0.1, 0.15) is 25.3 Å². The monoisotopic (exact) mass is 302 g/mol. The highest BCUT2D eigenvalue weighted by Gasteiger charge is 2.33. The van der Waals surface area contributed by atoms with Crippen LogP contribution in [-0.4, -0.2) is 35.7 Å². The predicted octanol–water partition coefficient (Wildman–Crippen LogP) is 3.34. The first-order chi connectivity index (χ1) is 10.2. The molecule has 0 radical (unpaired) electrons. The second-order valence-corrected chi connectivity index (χ2v) is 6.20. The van der Waals surface area contributed by atoms with E-state index >= 15 is 0 Å². The van der Waals surface area contributed by atoms with Crippen molar-refractivity contribution in [3.63, 3.8) is 0 Å². The van der Waals surface area contributed by atoms with Crippen LogP contribution in [0, 0.1) is 0 Å². The molecule has 21 heavy (non-hydrogen) atoms. The standard InChI is InChI=1S/C16H18N2O2S/c1-2-18-15(19)14(21-16(18)20)11-12-5-7-13(8-6-12)17-9-3-4-10-17/h5-8,11H,2-4,9-10H2,1H3/b14-11-. The van der Waals surface area contributed by atoms with Gasteiger partial charge in [-0.15, -0.1) is 0 Å². The molecule has 2 amide bonds. The Morgan fingerprint density at radius 1 is 1.14 bits per heavy atom. The number of anilines is 1. The van der Waals surface area contributed by atoms with E-state index in [1.54, 1.807) is 6.08 Å². The first-order valence-electron chi connectivity index (χ1n) is 7.29. The average Bonchev–Trinajstić information content (AvgIpc) is 3.10. The van der Waals surface area contributed by atoms with Gasteiger partial charge in [0.25, 0.3) is 11.1 Å². The van der Waals surface area contributed by atoms with Crippen molar-refractivity contribution in [2.75, 3.05) is 24.5 Å². The SMILES string of the molecule is CCN1C(=O)S/C(=C\c2ccc(N3CCCC3)cc2)C1=O. The van der Waals surface area contributed by atoms with Gasteiger partial charge in [-0.05, 0) is 55.3 Å². The average molecular weight is 302 g/mol. The molecule has 1 aromatic rings. The Morgan fingerprint density at radius 2 is 1.81 bits per heavy atom. The summed E-state index contributed by atoms with van der Waals surface area (Å²) < 4.78 is 0. The van der Waals surface area contributed by atoms with Crippen molar-refractivity contribution in [2.45, 2.75) is 19.8 Å². The second kappa shape index (κ2) is 5.93. The normalized spacial score (nSPS) is 20.9. The topological polar surface area (TPSA) is 40.6 Å². The number of likely N-dealkylation sites (N-methyl/N-ethyl adjacent to an activating group) is 1. The fourth-order valence-corrected chi connectivity index (χ4v) is 3.58. The fourth-order valence-electron chi connectivity index (χ4n) is 2.68. The van der Waals surface area contributed by atoms with Crippen LogP contribution in [0.25, 0.3) is 6.08 Å². The first kappa shape index (κ1) is 14.2. The number of benzene rings is 1. The van der Waals surface area contributed by atoms with Crippen molar-refractivity contribution in [1.82, 2.24) is 4.90 Å². The van der Waals surface area contributed by atoms with Crippen molar-refractivity contribution >= 4 is 34.7 Å². The van der Waals surface area contributed by atoms with Gasteiger partial charge < -0.3 is 4.90 Å². The Hall–Kier alpha value is -1.75. The maximum Gasteiger partial charge on any atom is 0.293 e. The van der Waals surface area contributed by atoms with Gasteiger partial charge in [0.15, 0.2) is 0 Å². The molecule has 2 saturated heterocycles. The van der Waals surface area contributed by atoms with Crippen molar-refractivity contribution in [1.29, 1.82) is 0 Å². The van der Waals surface area contributed by atoms with E-state index in [-0.39, 0.29) is 11.1 Å². The number of hydrogen-bond acceptors (Lipinski definition) is 4. The summed E-state index contributed by atoms with van der Waals surface area (Å²) in [6.45, 7) is 4.48. The predicted molar refractivity (Wildman–Crippen MR) is 86.2 cm³/mol. The zero-order valence-corrected chi connectivity index (χ0v) is 12.9. The van der Waals surface area contributed by atoms with E-state index in [9.17, 15) is 9.59 Å². The summed E-state index contributed by atoms with van der Waals surface area (Å²) in [7, 11) is 0. The molecule has 5 heteroatoms. The number of carbonyl (C=O) groups excluding carboxylic acids is 2. The molecule has 0 unspecified atom stereocenters. The molecule has 0 spiro atoms. The Bertz CT molecular complexity index is 589. The van der Waals surface area contributed by atoms with Crippen LogP contribution in [0.3, 0.4) is 0 Å². The summed E-state index contributed by atoms with van der Waals surface area (Å²) in [5.41, 5.74) is 2.19. The molecule has 2 aliphatic rings. The van der Waals surface area contributed by atoms with E-state index in [0.29, 0.717) is 11.4 Å². The van der Waals surface area contributed by atoms with Gasteiger partial charge in [-0.25, -0.2) is 0 Å². The number of nitrogens with zero attached hydrogens (tertiary/aromatic N) is 2. The van der Waals surface area contributed by atoms with Crippen molar-refractivity contribution < 1.29 is 9.59 Å². The fraction of sp³-hybridized carbons (Fsp3) is 0.375. The quantitative estimate of drug-likeness (QED) is 0.803. The molecular weight excluding hydrogens is 284 g/mol. The third kappa shape index (κ3) is 2.83. The number of imide groups is 1. The van der Waals surface area contributed by atoms with Gasteiger partial charge in [0.1, 0.15) is 0 Å². The highest BCUT2D eigenvalue weighted by molar-refractivity contribution is 8.18. The lowest BCUT2D eigenvalue weighted by atomic mass is 10.2. The zero-order chi connectivity index (χ0) is 14.8. The van der Waals surface area contributed by atoms with Crippen LogP contribution in [0.15, 0.2) is 29.2 Å². The Morgan fingerprint density at radius 3 is 2.38 bits per heavy atom. The molecule has 0 atom stereocenters. The molecular formula is C16H18N2O2S. The largest absolute Gasteiger partial charge is 0.372 e. The molecule has 0 bridgehead atoms. The van der Waals surface area contributed by atoms with Crippen LogP contribution in [0.4, 0.5) is 10.5 Å². The van der Waals surface area contributed by atoms with Crippen LogP contribution in [0.5, 0.6) is 0 Å². The molecule has 0 N–H and O–H groups in total. The van der Waals surface area contributed by atoms with Crippen LogP contribution < -0.4 is 4.90 Å². The molecule has 4 nitrogen and oxygen atoms in total. The number of carbonyl (C=O) groups is 2. The molecule has 0 saturated carbocycles. The molecule has 110 valence electrons. The van der Waals surface area contributed by atoms with E-state index in [2.05, 4.69) is 17.0 Å². The molecule has 2 fully saturated rings. The van der Waals surface area contributed by atoms with Crippen molar-refractivity contribution in [3.8, 4) is 0 Å². The van der Waals surface area contributed by atoms with E-state index in [1.165, 1.54) is 23.4 Å². The molecule has 2 aliphatic heterocycles. The Balaban J connectivity index is 1.77. The lowest BCUT2D eigenvalue weighted by Gasteiger charge is -2.17. The molecule has 2 heterocycles. The number of amides is 2. The minimum absolute atomic E-state index is 0.178. The minimum atomic E-state index is -0.184. The van der Waals surface area contributed by atoms with Crippen molar-refractivity contribution in [3.05, 3.63) is 34.7 Å². The van der Waals surface area contributed by atoms with Crippen molar-refractivity contribution in [2.24, 2.45) is 0 Å². The van der Waals surface area contributed by atoms with Gasteiger partial charge in [-0.3, -0.25) is 14.5 Å². The lowest BCUT2D eigenvalue weighted by molar-refractivity contribution is -0.122. The number of rotatable bonds is 3. The third-order valence-electron chi connectivity index (χ3n) is 3.85. The number of thioether (sulfide) groups is 1. The van der Waals surface area contributed by atoms with Gasteiger partial charge >= 0.3 is 0 Å². The summed E-state index contributed by atoms with van der Waals surface area (Å²) in [6.07, 6.45) is 4.31. The zero-order valence-electron chi connectivity index (χ0n) is 12.0. The highest BCUT2D eigenvalue weighted by atomic mass is 32.2. The maximum atomic E-state index is 12.0. The Kier molecular flexibility index (Phi) is 4.01. The van der Waals surface area contributed by atoms with Gasteiger partial charge in [0.05, 0.1) is 4.91 Å². The van der Waals surface area contributed by atoms with Gasteiger partial charge in [-0.2, -0.15) is 0 Å². The van der Waals surface area contributed by atoms with Gasteiger partial charge in [0.2, 0.25) is 0 Å². The van der Waals surface area contributed by atoms with E-state index in [1.807, 2.05) is 19.1 Å². The summed E-state index contributed by atoms with van der Waals surface area (Å²) in [5, 5.41) is -0.178. The summed E-state index contributed by atoms with van der Waals surface area (Å²) in [4.78, 5) is 27.9. The molecule has 0 aliphatic carbocycles. The first-order valence-corrected chi connectivity index (χ1v) is 8.11. The van der Waals surface area contributed by atoms with Crippen LogP contribution in [-0.2, 0) is 4.79 Å². The summed E-state index contributed by atoms with van der Waals surface area (Å²) in [6, 6.07) is 8.18. The summed E-state index contributed by atoms with van der Waals surface area (Å²) in [5.74, 6) is -0.184. The third-order valence-corrected chi connectivity index (χ3v) is 4.76.